The third-order valence-electron chi connectivity index (χ3n) is 1.92. The van der Waals surface area contributed by atoms with Crippen molar-refractivity contribution in [3.63, 3.8) is 0 Å². The molecule has 4 heteroatoms. The average molecular weight is 182 g/mol. The number of aromatic nitrogens is 3. The summed E-state index contributed by atoms with van der Waals surface area (Å²) in [6.07, 6.45) is 2.74. The van der Waals surface area contributed by atoms with Crippen molar-refractivity contribution in [2.24, 2.45) is 0 Å². The zero-order valence-corrected chi connectivity index (χ0v) is 8.62. The molecule has 1 aromatic rings. The molecule has 0 unspecified atom stereocenters. The van der Waals surface area contributed by atoms with Gasteiger partial charge in [0, 0.05) is 25.6 Å². The molecule has 0 saturated heterocycles. The summed E-state index contributed by atoms with van der Waals surface area (Å²) < 4.78 is 2.09. The van der Waals surface area contributed by atoms with Crippen LogP contribution in [0.15, 0.2) is 6.33 Å². The molecule has 1 heterocycles. The van der Waals surface area contributed by atoms with Gasteiger partial charge in [-0.15, -0.1) is 10.2 Å². The molecule has 13 heavy (non-hydrogen) atoms. The zero-order valence-electron chi connectivity index (χ0n) is 8.62. The lowest BCUT2D eigenvalue weighted by Gasteiger charge is -2.09. The number of nitrogens with zero attached hydrogens (tertiary/aromatic N) is 3. The molecule has 0 saturated carbocycles. The highest BCUT2D eigenvalue weighted by Gasteiger charge is 2.00. The summed E-state index contributed by atoms with van der Waals surface area (Å²) in [5.41, 5.74) is 0. The van der Waals surface area contributed by atoms with Crippen molar-refractivity contribution in [2.75, 3.05) is 6.54 Å². The lowest BCUT2D eigenvalue weighted by atomic mass is 10.4. The normalized spacial score (nSPS) is 11.1. The molecule has 1 rings (SSSR count). The predicted molar refractivity (Wildman–Crippen MR) is 52.5 cm³/mol. The Hall–Kier alpha value is -0.900. The van der Waals surface area contributed by atoms with E-state index in [0.29, 0.717) is 6.04 Å². The Bertz CT molecular complexity index is 242. The van der Waals surface area contributed by atoms with Crippen LogP contribution in [0.1, 0.15) is 26.6 Å². The van der Waals surface area contributed by atoms with E-state index in [0.717, 1.165) is 25.3 Å². The largest absolute Gasteiger partial charge is 0.316 e. The first-order chi connectivity index (χ1) is 6.24. The van der Waals surface area contributed by atoms with Gasteiger partial charge in [-0.3, -0.25) is 0 Å². The van der Waals surface area contributed by atoms with Crippen LogP contribution in [0.5, 0.6) is 0 Å². The van der Waals surface area contributed by atoms with Crippen molar-refractivity contribution >= 4 is 0 Å². The fraction of sp³-hybridized carbons (Fsp3) is 0.778. The summed E-state index contributed by atoms with van der Waals surface area (Å²) in [6, 6.07) is 0.543. The molecule has 1 N–H and O–H groups in total. The Balaban J connectivity index is 2.36. The van der Waals surface area contributed by atoms with Crippen LogP contribution in [0.3, 0.4) is 0 Å². The minimum atomic E-state index is 0.543. The van der Waals surface area contributed by atoms with E-state index in [1.54, 1.807) is 6.33 Å². The second-order valence-corrected chi connectivity index (χ2v) is 3.40. The number of hydrogen-bond donors (Lipinski definition) is 1. The van der Waals surface area contributed by atoms with Crippen molar-refractivity contribution in [3.05, 3.63) is 12.2 Å². The Labute approximate surface area is 79.4 Å². The average Bonchev–Trinajstić information content (AvgIpc) is 2.51. The van der Waals surface area contributed by atoms with E-state index in [-0.39, 0.29) is 0 Å². The summed E-state index contributed by atoms with van der Waals surface area (Å²) >= 11 is 0. The molecular formula is C9H18N4. The topological polar surface area (TPSA) is 42.7 Å². The van der Waals surface area contributed by atoms with Gasteiger partial charge in [-0.25, -0.2) is 0 Å². The molecule has 0 fully saturated rings. The molecule has 0 aliphatic rings. The Kier molecular flexibility index (Phi) is 3.89. The predicted octanol–water partition coefficient (Wildman–Crippen LogP) is 0.839. The maximum absolute atomic E-state index is 4.02. The van der Waals surface area contributed by atoms with Gasteiger partial charge in [0.15, 0.2) is 0 Å². The van der Waals surface area contributed by atoms with Crippen LogP contribution in [0.2, 0.25) is 0 Å². The van der Waals surface area contributed by atoms with Gasteiger partial charge in [0.2, 0.25) is 0 Å². The summed E-state index contributed by atoms with van der Waals surface area (Å²) in [5.74, 6) is 1.06. The van der Waals surface area contributed by atoms with E-state index in [1.165, 1.54) is 0 Å². The Morgan fingerprint density at radius 3 is 2.92 bits per heavy atom. The van der Waals surface area contributed by atoms with E-state index >= 15 is 0 Å². The third-order valence-corrected chi connectivity index (χ3v) is 1.92. The summed E-state index contributed by atoms with van der Waals surface area (Å²) in [7, 11) is 0. The van der Waals surface area contributed by atoms with Crippen molar-refractivity contribution in [1.82, 2.24) is 20.1 Å². The van der Waals surface area contributed by atoms with Crippen LogP contribution in [0.25, 0.3) is 0 Å². The first kappa shape index (κ1) is 10.2. The van der Waals surface area contributed by atoms with Crippen molar-refractivity contribution in [1.29, 1.82) is 0 Å². The molecule has 4 nitrogen and oxygen atoms in total. The molecule has 0 aromatic carbocycles. The number of aryl methyl sites for hydroxylation is 1. The second kappa shape index (κ2) is 4.97. The second-order valence-electron chi connectivity index (χ2n) is 3.40. The van der Waals surface area contributed by atoms with Crippen LogP contribution in [-0.4, -0.2) is 27.4 Å². The quantitative estimate of drug-likeness (QED) is 0.733. The van der Waals surface area contributed by atoms with Gasteiger partial charge in [-0.2, -0.15) is 0 Å². The lowest BCUT2D eigenvalue weighted by molar-refractivity contribution is 0.532. The molecule has 0 aliphatic carbocycles. The van der Waals surface area contributed by atoms with E-state index in [2.05, 4.69) is 40.9 Å². The fourth-order valence-corrected chi connectivity index (χ4v) is 1.21. The zero-order chi connectivity index (χ0) is 9.68. The minimum absolute atomic E-state index is 0.543. The highest BCUT2D eigenvalue weighted by atomic mass is 15.3. The molecule has 0 spiro atoms. The molecule has 0 amide bonds. The highest BCUT2D eigenvalue weighted by molar-refractivity contribution is 4.84. The SMILES string of the molecule is CCc1nncn1CCNC(C)C. The fourth-order valence-electron chi connectivity index (χ4n) is 1.21. The van der Waals surface area contributed by atoms with Crippen LogP contribution in [0.4, 0.5) is 0 Å². The molecule has 0 atom stereocenters. The highest BCUT2D eigenvalue weighted by Crippen LogP contribution is 1.94. The van der Waals surface area contributed by atoms with E-state index in [1.807, 2.05) is 0 Å². The van der Waals surface area contributed by atoms with E-state index in [4.69, 9.17) is 0 Å². The summed E-state index contributed by atoms with van der Waals surface area (Å²) in [6.45, 7) is 8.31. The van der Waals surface area contributed by atoms with Gasteiger partial charge in [0.05, 0.1) is 0 Å². The van der Waals surface area contributed by atoms with Crippen LogP contribution in [0, 0.1) is 0 Å². The molecule has 0 aliphatic heterocycles. The van der Waals surface area contributed by atoms with Crippen molar-refractivity contribution in [3.8, 4) is 0 Å². The van der Waals surface area contributed by atoms with Crippen molar-refractivity contribution in [2.45, 2.75) is 39.8 Å². The van der Waals surface area contributed by atoms with Crippen LogP contribution in [-0.2, 0) is 13.0 Å². The Morgan fingerprint density at radius 2 is 2.31 bits per heavy atom. The van der Waals surface area contributed by atoms with Crippen LogP contribution < -0.4 is 5.32 Å². The number of nitrogens with one attached hydrogen (secondary N) is 1. The smallest absolute Gasteiger partial charge is 0.132 e. The van der Waals surface area contributed by atoms with Crippen molar-refractivity contribution < 1.29 is 0 Å². The first-order valence-electron chi connectivity index (χ1n) is 4.84. The van der Waals surface area contributed by atoms with Gasteiger partial charge >= 0.3 is 0 Å². The third kappa shape index (κ3) is 3.14. The van der Waals surface area contributed by atoms with Gasteiger partial charge in [-0.1, -0.05) is 20.8 Å². The maximum atomic E-state index is 4.02. The lowest BCUT2D eigenvalue weighted by Crippen LogP contribution is -2.26. The standard InChI is InChI=1S/C9H18N4/c1-4-9-12-11-7-13(9)6-5-10-8(2)3/h7-8,10H,4-6H2,1-3H3. The van der Waals surface area contributed by atoms with Crippen LogP contribution >= 0.6 is 0 Å². The molecule has 0 radical (unpaired) electrons. The number of hydrogen-bond acceptors (Lipinski definition) is 3. The summed E-state index contributed by atoms with van der Waals surface area (Å²) in [5, 5.41) is 11.3. The minimum Gasteiger partial charge on any atom is -0.316 e. The van der Waals surface area contributed by atoms with Gasteiger partial charge < -0.3 is 9.88 Å². The maximum Gasteiger partial charge on any atom is 0.132 e. The Morgan fingerprint density at radius 1 is 1.54 bits per heavy atom. The molecular weight excluding hydrogens is 164 g/mol. The molecule has 1 aromatic heterocycles. The summed E-state index contributed by atoms with van der Waals surface area (Å²) in [4.78, 5) is 0. The molecule has 0 bridgehead atoms. The van der Waals surface area contributed by atoms with E-state index < -0.39 is 0 Å². The molecule has 74 valence electrons. The first-order valence-corrected chi connectivity index (χ1v) is 4.84. The van der Waals surface area contributed by atoms with E-state index in [9.17, 15) is 0 Å². The monoisotopic (exact) mass is 182 g/mol. The number of rotatable bonds is 5. The van der Waals surface area contributed by atoms with Gasteiger partial charge in [0.1, 0.15) is 12.2 Å². The van der Waals surface area contributed by atoms with Gasteiger partial charge in [-0.05, 0) is 0 Å². The van der Waals surface area contributed by atoms with Gasteiger partial charge in [0.25, 0.3) is 0 Å².